The van der Waals surface area contributed by atoms with Crippen molar-refractivity contribution in [2.45, 2.75) is 31.3 Å². The van der Waals surface area contributed by atoms with Crippen LogP contribution < -0.4 is 20.1 Å². The lowest BCUT2D eigenvalue weighted by Crippen LogP contribution is -2.29. The number of urea groups is 1. The van der Waals surface area contributed by atoms with Gasteiger partial charge in [0, 0.05) is 17.1 Å². The van der Waals surface area contributed by atoms with Gasteiger partial charge in [-0.2, -0.15) is 0 Å². The smallest absolute Gasteiger partial charge is 0.319 e. The summed E-state index contributed by atoms with van der Waals surface area (Å²) in [5.74, 6) is 2.91. The molecule has 0 radical (unpaired) electrons. The van der Waals surface area contributed by atoms with Crippen LogP contribution in [0.3, 0.4) is 0 Å². The van der Waals surface area contributed by atoms with Crippen LogP contribution in [0.2, 0.25) is 0 Å². The van der Waals surface area contributed by atoms with Crippen molar-refractivity contribution < 1.29 is 14.3 Å². The molecule has 2 N–H and O–H groups in total. The van der Waals surface area contributed by atoms with Crippen molar-refractivity contribution in [3.63, 3.8) is 0 Å². The lowest BCUT2D eigenvalue weighted by molar-refractivity contribution is 0.251. The Morgan fingerprint density at radius 3 is 2.50 bits per heavy atom. The van der Waals surface area contributed by atoms with Gasteiger partial charge in [0.1, 0.15) is 11.5 Å². The number of amides is 2. The fourth-order valence-corrected chi connectivity index (χ4v) is 4.42. The summed E-state index contributed by atoms with van der Waals surface area (Å²) in [4.78, 5) is 12.5. The van der Waals surface area contributed by atoms with E-state index in [9.17, 15) is 4.79 Å². The number of benzene rings is 3. The van der Waals surface area contributed by atoms with Gasteiger partial charge in [-0.05, 0) is 67.9 Å². The van der Waals surface area contributed by atoms with Crippen LogP contribution >= 0.6 is 11.8 Å². The molecule has 8 nitrogen and oxygen atoms in total. The zero-order valence-corrected chi connectivity index (χ0v) is 21.3. The molecule has 9 heteroatoms. The molecule has 0 spiro atoms. The fraction of sp³-hybridized carbons (Fsp3) is 0.222. The third kappa shape index (κ3) is 6.57. The molecule has 4 rings (SSSR count). The number of anilines is 1. The summed E-state index contributed by atoms with van der Waals surface area (Å²) in [5.41, 5.74) is 3.88. The van der Waals surface area contributed by atoms with Crippen molar-refractivity contribution >= 4 is 23.5 Å². The monoisotopic (exact) mass is 503 g/mol. The highest BCUT2D eigenvalue weighted by molar-refractivity contribution is 7.98. The van der Waals surface area contributed by atoms with Gasteiger partial charge in [-0.15, -0.1) is 10.2 Å². The van der Waals surface area contributed by atoms with E-state index in [1.54, 1.807) is 31.0 Å². The van der Waals surface area contributed by atoms with Crippen molar-refractivity contribution in [2.24, 2.45) is 0 Å². The van der Waals surface area contributed by atoms with Gasteiger partial charge in [0.25, 0.3) is 0 Å². The Morgan fingerprint density at radius 2 is 1.78 bits per heavy atom. The molecule has 0 bridgehead atoms. The number of nitrogens with one attached hydrogen (secondary N) is 2. The molecule has 0 unspecified atom stereocenters. The van der Waals surface area contributed by atoms with E-state index in [1.165, 1.54) is 0 Å². The second-order valence-corrected chi connectivity index (χ2v) is 8.92. The van der Waals surface area contributed by atoms with Crippen molar-refractivity contribution in [3.8, 4) is 17.2 Å². The number of hydrogen-bond acceptors (Lipinski definition) is 6. The minimum atomic E-state index is -0.330. The molecule has 2 amide bonds. The summed E-state index contributed by atoms with van der Waals surface area (Å²) in [6.07, 6.45) is 0. The van der Waals surface area contributed by atoms with Gasteiger partial charge in [-0.3, -0.25) is 4.57 Å². The zero-order chi connectivity index (χ0) is 25.3. The summed E-state index contributed by atoms with van der Waals surface area (Å²) in [7, 11) is 1.66. The van der Waals surface area contributed by atoms with E-state index in [2.05, 4.69) is 26.9 Å². The number of thioether (sulfide) groups is 1. The van der Waals surface area contributed by atoms with Gasteiger partial charge < -0.3 is 20.1 Å². The lowest BCUT2D eigenvalue weighted by Gasteiger charge is -2.12. The van der Waals surface area contributed by atoms with Gasteiger partial charge in [-0.25, -0.2) is 4.79 Å². The van der Waals surface area contributed by atoms with Gasteiger partial charge in [0.05, 0.1) is 20.3 Å². The average Bonchev–Trinajstić information content (AvgIpc) is 3.31. The minimum absolute atomic E-state index is 0.212. The SMILES string of the molecule is CCOc1ccc(NC(=O)NCc2nnc(SCc3cccc(OC)c3)n2-c2ccc(C)cc2)cc1. The molecule has 0 aliphatic carbocycles. The Balaban J connectivity index is 1.47. The first-order valence-electron chi connectivity index (χ1n) is 11.6. The van der Waals surface area contributed by atoms with Gasteiger partial charge in [0.2, 0.25) is 0 Å². The number of carbonyl (C=O) groups is 1. The maximum atomic E-state index is 12.5. The average molecular weight is 504 g/mol. The van der Waals surface area contributed by atoms with E-state index in [0.29, 0.717) is 23.9 Å². The minimum Gasteiger partial charge on any atom is -0.497 e. The predicted octanol–water partition coefficient (Wildman–Crippen LogP) is 5.60. The number of hydrogen-bond donors (Lipinski definition) is 2. The molecule has 0 atom stereocenters. The van der Waals surface area contributed by atoms with Crippen molar-refractivity contribution in [1.29, 1.82) is 0 Å². The highest BCUT2D eigenvalue weighted by atomic mass is 32.2. The Labute approximate surface area is 215 Å². The Morgan fingerprint density at radius 1 is 1.00 bits per heavy atom. The third-order valence-electron chi connectivity index (χ3n) is 5.32. The van der Waals surface area contributed by atoms with Crippen LogP contribution in [0.15, 0.2) is 78.0 Å². The molecule has 0 saturated carbocycles. The number of rotatable bonds is 10. The van der Waals surface area contributed by atoms with Crippen LogP contribution in [0.4, 0.5) is 10.5 Å². The highest BCUT2D eigenvalue weighted by Gasteiger charge is 2.16. The van der Waals surface area contributed by atoms with E-state index in [1.807, 2.05) is 73.0 Å². The largest absolute Gasteiger partial charge is 0.497 e. The number of nitrogens with zero attached hydrogens (tertiary/aromatic N) is 3. The maximum Gasteiger partial charge on any atom is 0.319 e. The zero-order valence-electron chi connectivity index (χ0n) is 20.5. The molecule has 4 aromatic rings. The summed E-state index contributed by atoms with van der Waals surface area (Å²) < 4.78 is 12.7. The summed E-state index contributed by atoms with van der Waals surface area (Å²) in [5, 5.41) is 15.3. The summed E-state index contributed by atoms with van der Waals surface area (Å²) in [6.45, 7) is 4.78. The van der Waals surface area contributed by atoms with Crippen LogP contribution in [-0.4, -0.2) is 34.5 Å². The topological polar surface area (TPSA) is 90.3 Å². The molecular weight excluding hydrogens is 474 g/mol. The molecule has 186 valence electrons. The van der Waals surface area contributed by atoms with Crippen LogP contribution in [0.25, 0.3) is 5.69 Å². The summed E-state index contributed by atoms with van der Waals surface area (Å²) >= 11 is 1.57. The fourth-order valence-electron chi connectivity index (χ4n) is 3.51. The number of aromatic nitrogens is 3. The number of aryl methyl sites for hydroxylation is 1. The molecule has 1 aromatic heterocycles. The lowest BCUT2D eigenvalue weighted by atomic mass is 10.2. The standard InChI is InChI=1S/C27H29N5O3S/c1-4-35-23-14-10-21(11-15-23)29-26(33)28-17-25-30-31-27(32(25)22-12-8-19(2)9-13-22)36-18-20-6-5-7-24(16-20)34-3/h5-16H,4,17-18H2,1-3H3,(H2,28,29,33). The number of methoxy groups -OCH3 is 1. The summed E-state index contributed by atoms with van der Waals surface area (Å²) in [6, 6.07) is 23.0. The Hall–Kier alpha value is -3.98. The quantitative estimate of drug-likeness (QED) is 0.274. The van der Waals surface area contributed by atoms with E-state index in [0.717, 1.165) is 33.5 Å². The molecule has 0 aliphatic rings. The first-order valence-corrected chi connectivity index (χ1v) is 12.6. The molecule has 0 fully saturated rings. The van der Waals surface area contributed by atoms with E-state index >= 15 is 0 Å². The van der Waals surface area contributed by atoms with E-state index in [4.69, 9.17) is 9.47 Å². The second kappa shape index (κ2) is 12.1. The van der Waals surface area contributed by atoms with Gasteiger partial charge in [0.15, 0.2) is 11.0 Å². The second-order valence-electron chi connectivity index (χ2n) is 7.98. The van der Waals surface area contributed by atoms with Gasteiger partial charge >= 0.3 is 6.03 Å². The number of ether oxygens (including phenoxy) is 2. The first-order chi connectivity index (χ1) is 17.6. The maximum absolute atomic E-state index is 12.5. The van der Waals surface area contributed by atoms with Crippen molar-refractivity contribution in [2.75, 3.05) is 19.0 Å². The van der Waals surface area contributed by atoms with Crippen LogP contribution in [0, 0.1) is 6.92 Å². The van der Waals surface area contributed by atoms with Crippen LogP contribution in [-0.2, 0) is 12.3 Å². The normalized spacial score (nSPS) is 10.6. The van der Waals surface area contributed by atoms with Crippen LogP contribution in [0.1, 0.15) is 23.9 Å². The molecule has 3 aromatic carbocycles. The van der Waals surface area contributed by atoms with E-state index in [-0.39, 0.29) is 12.6 Å². The van der Waals surface area contributed by atoms with E-state index < -0.39 is 0 Å². The number of carbonyl (C=O) groups excluding carboxylic acids is 1. The van der Waals surface area contributed by atoms with Crippen LogP contribution in [0.5, 0.6) is 11.5 Å². The molecule has 36 heavy (non-hydrogen) atoms. The Kier molecular flexibility index (Phi) is 8.46. The molecular formula is C27H29N5O3S. The Bertz CT molecular complexity index is 1290. The molecule has 1 heterocycles. The highest BCUT2D eigenvalue weighted by Crippen LogP contribution is 2.27. The molecule has 0 aliphatic heterocycles. The van der Waals surface area contributed by atoms with Crippen molar-refractivity contribution in [1.82, 2.24) is 20.1 Å². The van der Waals surface area contributed by atoms with Crippen molar-refractivity contribution in [3.05, 3.63) is 89.7 Å². The van der Waals surface area contributed by atoms with Gasteiger partial charge in [-0.1, -0.05) is 41.6 Å². The predicted molar refractivity (Wildman–Crippen MR) is 142 cm³/mol. The third-order valence-corrected chi connectivity index (χ3v) is 6.32. The molecule has 0 saturated heterocycles. The first kappa shape index (κ1) is 25.1.